The molecule has 5 heteroatoms. The van der Waals surface area contributed by atoms with Gasteiger partial charge in [-0.2, -0.15) is 0 Å². The van der Waals surface area contributed by atoms with Crippen molar-refractivity contribution in [2.24, 2.45) is 0 Å². The van der Waals surface area contributed by atoms with Gasteiger partial charge in [0.05, 0.1) is 24.4 Å². The molecular weight excluding hydrogens is 306 g/mol. The molecule has 0 radical (unpaired) electrons. The molecule has 0 fully saturated rings. The van der Waals surface area contributed by atoms with Crippen molar-refractivity contribution >= 4 is 11.7 Å². The molecule has 0 saturated carbocycles. The largest absolute Gasteiger partial charge is 0.503 e. The molecule has 1 aliphatic rings. The average molecular weight is 325 g/mol. The van der Waals surface area contributed by atoms with Gasteiger partial charge in [0.1, 0.15) is 5.76 Å². The van der Waals surface area contributed by atoms with Gasteiger partial charge in [0, 0.05) is 6.42 Å². The van der Waals surface area contributed by atoms with Crippen LogP contribution in [0.5, 0.6) is 0 Å². The molecule has 1 aliphatic heterocycles. The molecule has 0 aliphatic carbocycles. The van der Waals surface area contributed by atoms with E-state index in [1.165, 1.54) is 11.2 Å². The van der Waals surface area contributed by atoms with E-state index in [1.807, 2.05) is 31.2 Å². The van der Waals surface area contributed by atoms with E-state index in [-0.39, 0.29) is 24.3 Å². The number of hydrogen-bond acceptors (Lipinski definition) is 4. The van der Waals surface area contributed by atoms with Gasteiger partial charge in [-0.25, -0.2) is 0 Å². The predicted molar refractivity (Wildman–Crippen MR) is 88.1 cm³/mol. The lowest BCUT2D eigenvalue weighted by Gasteiger charge is -2.26. The van der Waals surface area contributed by atoms with Crippen LogP contribution in [0.15, 0.2) is 58.4 Å². The molecule has 5 nitrogen and oxygen atoms in total. The Labute approximate surface area is 140 Å². The van der Waals surface area contributed by atoms with E-state index >= 15 is 0 Å². The number of nitrogens with zero attached hydrogens (tertiary/aromatic N) is 1. The summed E-state index contributed by atoms with van der Waals surface area (Å²) in [4.78, 5) is 26.4. The van der Waals surface area contributed by atoms with Crippen LogP contribution >= 0.6 is 0 Å². The second kappa shape index (κ2) is 6.35. The SMILES string of the molecule is CCC(=O)C1=C(O)C(=O)N(Cc2ccco2)C1c1cccc(C)c1. The zero-order chi connectivity index (χ0) is 17.3. The summed E-state index contributed by atoms with van der Waals surface area (Å²) in [6, 6.07) is 10.5. The van der Waals surface area contributed by atoms with Crippen LogP contribution in [0.25, 0.3) is 0 Å². The molecule has 1 aromatic heterocycles. The Kier molecular flexibility index (Phi) is 4.25. The van der Waals surface area contributed by atoms with Crippen LogP contribution in [-0.2, 0) is 16.1 Å². The summed E-state index contributed by atoms with van der Waals surface area (Å²) in [5.74, 6) is -0.636. The van der Waals surface area contributed by atoms with Gasteiger partial charge >= 0.3 is 0 Å². The quantitative estimate of drug-likeness (QED) is 0.914. The Balaban J connectivity index is 2.08. The molecule has 2 aromatic rings. The lowest BCUT2D eigenvalue weighted by molar-refractivity contribution is -0.130. The van der Waals surface area contributed by atoms with Crippen molar-refractivity contribution in [3.05, 3.63) is 70.9 Å². The van der Waals surface area contributed by atoms with E-state index in [9.17, 15) is 14.7 Å². The van der Waals surface area contributed by atoms with Crippen LogP contribution in [0.1, 0.15) is 36.3 Å². The highest BCUT2D eigenvalue weighted by atomic mass is 16.3. The first kappa shape index (κ1) is 16.1. The van der Waals surface area contributed by atoms with Crippen LogP contribution in [-0.4, -0.2) is 21.7 Å². The Morgan fingerprint density at radius 1 is 1.29 bits per heavy atom. The number of benzene rings is 1. The number of amides is 1. The number of aliphatic hydroxyl groups is 1. The van der Waals surface area contributed by atoms with Crippen molar-refractivity contribution < 1.29 is 19.1 Å². The molecule has 1 atom stereocenters. The molecule has 0 bridgehead atoms. The van der Waals surface area contributed by atoms with E-state index < -0.39 is 17.7 Å². The van der Waals surface area contributed by atoms with Crippen molar-refractivity contribution in [1.29, 1.82) is 0 Å². The zero-order valence-electron chi connectivity index (χ0n) is 13.7. The van der Waals surface area contributed by atoms with Crippen LogP contribution in [0.2, 0.25) is 0 Å². The highest BCUT2D eigenvalue weighted by molar-refractivity contribution is 6.08. The fraction of sp³-hybridized carbons (Fsp3) is 0.263. The van der Waals surface area contributed by atoms with Crippen LogP contribution in [0.3, 0.4) is 0 Å². The molecule has 24 heavy (non-hydrogen) atoms. The first-order valence-corrected chi connectivity index (χ1v) is 7.89. The number of Topliss-reactive ketones (excluding diaryl/α,β-unsaturated/α-hetero) is 1. The third-order valence-corrected chi connectivity index (χ3v) is 4.19. The summed E-state index contributed by atoms with van der Waals surface area (Å²) < 4.78 is 5.33. The molecule has 3 rings (SSSR count). The number of hydrogen-bond donors (Lipinski definition) is 1. The fourth-order valence-electron chi connectivity index (χ4n) is 3.05. The van der Waals surface area contributed by atoms with Gasteiger partial charge in [-0.15, -0.1) is 0 Å². The van der Waals surface area contributed by atoms with E-state index in [2.05, 4.69) is 0 Å². The molecular formula is C19H19NO4. The Morgan fingerprint density at radius 3 is 2.71 bits per heavy atom. The highest BCUT2D eigenvalue weighted by Crippen LogP contribution is 2.39. The predicted octanol–water partition coefficient (Wildman–Crippen LogP) is 3.46. The van der Waals surface area contributed by atoms with Gasteiger partial charge in [-0.1, -0.05) is 36.8 Å². The minimum atomic E-state index is -0.602. The van der Waals surface area contributed by atoms with E-state index in [0.717, 1.165) is 11.1 Å². The maximum atomic E-state index is 12.6. The van der Waals surface area contributed by atoms with Gasteiger partial charge in [-0.05, 0) is 24.6 Å². The van der Waals surface area contributed by atoms with Crippen molar-refractivity contribution in [2.75, 3.05) is 0 Å². The second-order valence-corrected chi connectivity index (χ2v) is 5.87. The monoisotopic (exact) mass is 325 g/mol. The topological polar surface area (TPSA) is 70.8 Å². The Hall–Kier alpha value is -2.82. The highest BCUT2D eigenvalue weighted by Gasteiger charge is 2.43. The Bertz CT molecular complexity index is 805. The number of carbonyl (C=O) groups is 2. The Morgan fingerprint density at radius 2 is 2.08 bits per heavy atom. The summed E-state index contributed by atoms with van der Waals surface area (Å²) in [7, 11) is 0. The fourth-order valence-corrected chi connectivity index (χ4v) is 3.05. The minimum Gasteiger partial charge on any atom is -0.503 e. The smallest absolute Gasteiger partial charge is 0.290 e. The zero-order valence-corrected chi connectivity index (χ0v) is 13.7. The van der Waals surface area contributed by atoms with Gasteiger partial charge in [0.25, 0.3) is 5.91 Å². The number of aryl methyl sites for hydroxylation is 1. The number of carbonyl (C=O) groups excluding carboxylic acids is 2. The molecule has 0 saturated heterocycles. The molecule has 1 unspecified atom stereocenters. The summed E-state index contributed by atoms with van der Waals surface area (Å²) in [6.07, 6.45) is 1.76. The maximum Gasteiger partial charge on any atom is 0.290 e. The van der Waals surface area contributed by atoms with E-state index in [4.69, 9.17) is 4.42 Å². The summed E-state index contributed by atoms with van der Waals surface area (Å²) in [6.45, 7) is 3.85. The first-order chi connectivity index (χ1) is 11.5. The summed E-state index contributed by atoms with van der Waals surface area (Å²) in [5, 5.41) is 10.3. The van der Waals surface area contributed by atoms with Crippen LogP contribution < -0.4 is 0 Å². The maximum absolute atomic E-state index is 12.6. The average Bonchev–Trinajstić information content (AvgIpc) is 3.16. The number of ketones is 1. The molecule has 0 spiro atoms. The van der Waals surface area contributed by atoms with Gasteiger partial charge in [-0.3, -0.25) is 9.59 Å². The number of rotatable bonds is 5. The second-order valence-electron chi connectivity index (χ2n) is 5.87. The summed E-state index contributed by atoms with van der Waals surface area (Å²) in [5.41, 5.74) is 1.99. The third kappa shape index (κ3) is 2.73. The van der Waals surface area contributed by atoms with Gasteiger partial charge in [0.2, 0.25) is 0 Å². The van der Waals surface area contributed by atoms with E-state index in [1.54, 1.807) is 19.1 Å². The standard InChI is InChI=1S/C19H19NO4/c1-3-15(21)16-17(13-7-4-6-12(2)10-13)20(19(23)18(16)22)11-14-8-5-9-24-14/h4-10,17,22H,3,11H2,1-2H3. The lowest BCUT2D eigenvalue weighted by atomic mass is 9.94. The van der Waals surface area contributed by atoms with Crippen molar-refractivity contribution in [3.63, 3.8) is 0 Å². The first-order valence-electron chi connectivity index (χ1n) is 7.89. The molecule has 124 valence electrons. The van der Waals surface area contributed by atoms with Gasteiger partial charge in [0.15, 0.2) is 11.5 Å². The van der Waals surface area contributed by atoms with Crippen molar-refractivity contribution in [1.82, 2.24) is 4.90 Å². The summed E-state index contributed by atoms with van der Waals surface area (Å²) >= 11 is 0. The normalized spacial score (nSPS) is 17.7. The lowest BCUT2D eigenvalue weighted by Crippen LogP contribution is -2.30. The van der Waals surface area contributed by atoms with Crippen LogP contribution in [0, 0.1) is 6.92 Å². The molecule has 1 aromatic carbocycles. The number of furan rings is 1. The van der Waals surface area contributed by atoms with Crippen LogP contribution in [0.4, 0.5) is 0 Å². The molecule has 1 N–H and O–H groups in total. The van der Waals surface area contributed by atoms with E-state index in [0.29, 0.717) is 5.76 Å². The molecule has 1 amide bonds. The third-order valence-electron chi connectivity index (χ3n) is 4.19. The van der Waals surface area contributed by atoms with Crippen molar-refractivity contribution in [3.8, 4) is 0 Å². The minimum absolute atomic E-state index is 0.166. The molecule has 2 heterocycles. The van der Waals surface area contributed by atoms with Crippen molar-refractivity contribution in [2.45, 2.75) is 32.9 Å². The number of aliphatic hydroxyl groups excluding tert-OH is 1. The van der Waals surface area contributed by atoms with Gasteiger partial charge < -0.3 is 14.4 Å².